The van der Waals surface area contributed by atoms with Gasteiger partial charge in [0, 0.05) is 6.10 Å². The third-order valence-corrected chi connectivity index (χ3v) is 0.865. The van der Waals surface area contributed by atoms with E-state index >= 15 is 0 Å². The predicted octanol–water partition coefficient (Wildman–Crippen LogP) is -0.0621. The summed E-state index contributed by atoms with van der Waals surface area (Å²) in [5.41, 5.74) is 0. The molecule has 0 unspecified atom stereocenters. The molecule has 36 valence electrons. The Morgan fingerprint density at radius 3 is 2.17 bits per heavy atom. The summed E-state index contributed by atoms with van der Waals surface area (Å²) in [6, 6.07) is 0. The molecule has 6 heavy (non-hydrogen) atoms. The minimum Gasteiger partial charge on any atom is -0.409 e. The lowest BCUT2D eigenvalue weighted by Crippen LogP contribution is -2.05. The highest BCUT2D eigenvalue weighted by atomic mass is 28.2. The molecule has 0 spiro atoms. The zero-order chi connectivity index (χ0) is 4.99. The Morgan fingerprint density at radius 1 is 1.67 bits per heavy atom. The maximum absolute atomic E-state index is 8.04. The van der Waals surface area contributed by atoms with Gasteiger partial charge in [0.25, 0.3) is 0 Å². The first-order valence-electron chi connectivity index (χ1n) is 1.82. The molecule has 2 nitrogen and oxygen atoms in total. The van der Waals surface area contributed by atoms with Crippen LogP contribution >= 0.6 is 0 Å². The monoisotopic (exact) mass is 104 g/mol. The number of rotatable bonds is 2. The maximum Gasteiger partial charge on any atom is 0.430 e. The van der Waals surface area contributed by atoms with Crippen LogP contribution in [0.1, 0.15) is 13.8 Å². The van der Waals surface area contributed by atoms with Crippen LogP contribution in [0, 0.1) is 0 Å². The molecule has 0 aliphatic heterocycles. The van der Waals surface area contributed by atoms with Crippen LogP contribution in [0.4, 0.5) is 0 Å². The van der Waals surface area contributed by atoms with Crippen LogP contribution in [0.2, 0.25) is 0 Å². The average Bonchev–Trinajstić information content (AvgIpc) is 1.35. The van der Waals surface area contributed by atoms with Crippen LogP contribution in [0.15, 0.2) is 0 Å². The molecule has 0 fully saturated rings. The van der Waals surface area contributed by atoms with Crippen LogP contribution < -0.4 is 0 Å². The second-order valence-corrected chi connectivity index (χ2v) is 1.68. The summed E-state index contributed by atoms with van der Waals surface area (Å²) in [7, 11) is -0.362. The van der Waals surface area contributed by atoms with E-state index in [9.17, 15) is 0 Å². The van der Waals surface area contributed by atoms with Crippen molar-refractivity contribution in [2.75, 3.05) is 0 Å². The second-order valence-electron chi connectivity index (χ2n) is 1.26. The average molecular weight is 104 g/mol. The number of hydrogen-bond acceptors (Lipinski definition) is 2. The fourth-order valence-electron chi connectivity index (χ4n) is 0.105. The van der Waals surface area contributed by atoms with Crippen molar-refractivity contribution in [3.05, 3.63) is 0 Å². The second kappa shape index (κ2) is 3.33. The third-order valence-electron chi connectivity index (χ3n) is 0.288. The molecule has 0 aliphatic rings. The van der Waals surface area contributed by atoms with E-state index in [0.29, 0.717) is 0 Å². The standard InChI is InChI=1S/C3H8O2Si/c1-3(2)5-6-4/h3-4H,1-2H3. The molecule has 0 aromatic rings. The van der Waals surface area contributed by atoms with Crippen LogP contribution in [-0.4, -0.2) is 20.9 Å². The molecule has 0 heterocycles. The van der Waals surface area contributed by atoms with Gasteiger partial charge in [0.1, 0.15) is 0 Å². The normalized spacial score (nSPS) is 10.0. The van der Waals surface area contributed by atoms with E-state index in [0.717, 1.165) is 0 Å². The van der Waals surface area contributed by atoms with Crippen molar-refractivity contribution in [2.24, 2.45) is 0 Å². The lowest BCUT2D eigenvalue weighted by molar-refractivity contribution is 0.219. The summed E-state index contributed by atoms with van der Waals surface area (Å²) in [4.78, 5) is 8.04. The summed E-state index contributed by atoms with van der Waals surface area (Å²) >= 11 is 0. The summed E-state index contributed by atoms with van der Waals surface area (Å²) in [5.74, 6) is 0. The highest BCUT2D eigenvalue weighted by Gasteiger charge is 1.88. The first kappa shape index (κ1) is 6.14. The fraction of sp³-hybridized carbons (Fsp3) is 1.00. The molecule has 0 aromatic carbocycles. The molecule has 0 saturated heterocycles. The van der Waals surface area contributed by atoms with E-state index in [2.05, 4.69) is 4.43 Å². The zero-order valence-electron chi connectivity index (χ0n) is 3.93. The van der Waals surface area contributed by atoms with Crippen LogP contribution in [0.5, 0.6) is 0 Å². The minimum atomic E-state index is -0.362. The van der Waals surface area contributed by atoms with Crippen molar-refractivity contribution in [1.29, 1.82) is 0 Å². The van der Waals surface area contributed by atoms with Crippen molar-refractivity contribution in [1.82, 2.24) is 0 Å². The van der Waals surface area contributed by atoms with Crippen LogP contribution in [0.25, 0.3) is 0 Å². The Morgan fingerprint density at radius 2 is 2.17 bits per heavy atom. The quantitative estimate of drug-likeness (QED) is 0.497. The van der Waals surface area contributed by atoms with Crippen molar-refractivity contribution in [2.45, 2.75) is 20.0 Å². The predicted molar refractivity (Wildman–Crippen MR) is 24.2 cm³/mol. The van der Waals surface area contributed by atoms with Crippen molar-refractivity contribution in [3.8, 4) is 0 Å². The maximum atomic E-state index is 8.04. The third kappa shape index (κ3) is 4.14. The summed E-state index contributed by atoms with van der Waals surface area (Å²) in [6.07, 6.45) is 0.160. The molecule has 0 aliphatic carbocycles. The van der Waals surface area contributed by atoms with Gasteiger partial charge in [-0.25, -0.2) is 0 Å². The Bertz CT molecular complexity index is 30.0. The molecule has 1 N–H and O–H groups in total. The van der Waals surface area contributed by atoms with Gasteiger partial charge in [-0.2, -0.15) is 0 Å². The summed E-state index contributed by atoms with van der Waals surface area (Å²) < 4.78 is 4.62. The molecule has 2 radical (unpaired) electrons. The van der Waals surface area contributed by atoms with Gasteiger partial charge in [-0.1, -0.05) is 0 Å². The Balaban J connectivity index is 2.63. The van der Waals surface area contributed by atoms with Crippen LogP contribution in [-0.2, 0) is 4.43 Å². The van der Waals surface area contributed by atoms with Crippen molar-refractivity contribution < 1.29 is 9.22 Å². The van der Waals surface area contributed by atoms with E-state index in [4.69, 9.17) is 4.80 Å². The highest BCUT2D eigenvalue weighted by molar-refractivity contribution is 6.15. The molecule has 0 amide bonds. The lowest BCUT2D eigenvalue weighted by Gasteiger charge is -1.97. The van der Waals surface area contributed by atoms with Crippen molar-refractivity contribution in [3.63, 3.8) is 0 Å². The van der Waals surface area contributed by atoms with Gasteiger partial charge in [-0.3, -0.25) is 0 Å². The molecule has 0 saturated carbocycles. The summed E-state index contributed by atoms with van der Waals surface area (Å²) in [5, 5.41) is 0. The Hall–Kier alpha value is 0.137. The zero-order valence-corrected chi connectivity index (χ0v) is 4.93. The van der Waals surface area contributed by atoms with E-state index < -0.39 is 0 Å². The van der Waals surface area contributed by atoms with Gasteiger partial charge in [0.15, 0.2) is 0 Å². The smallest absolute Gasteiger partial charge is 0.409 e. The largest absolute Gasteiger partial charge is 0.430 e. The highest BCUT2D eigenvalue weighted by Crippen LogP contribution is 1.80. The van der Waals surface area contributed by atoms with E-state index in [1.165, 1.54) is 0 Å². The topological polar surface area (TPSA) is 29.5 Å². The minimum absolute atomic E-state index is 0.160. The molecule has 0 bridgehead atoms. The SMILES string of the molecule is CC(C)O[Si]O. The summed E-state index contributed by atoms with van der Waals surface area (Å²) in [6.45, 7) is 3.76. The number of hydrogen-bond donors (Lipinski definition) is 1. The Kier molecular flexibility index (Phi) is 3.41. The van der Waals surface area contributed by atoms with Gasteiger partial charge >= 0.3 is 10.0 Å². The molecule has 3 heteroatoms. The van der Waals surface area contributed by atoms with E-state index in [-0.39, 0.29) is 16.1 Å². The van der Waals surface area contributed by atoms with Crippen molar-refractivity contribution >= 4 is 10.0 Å². The molecule has 0 rings (SSSR count). The molecule has 0 aromatic heterocycles. The van der Waals surface area contributed by atoms with E-state index in [1.807, 2.05) is 13.8 Å². The van der Waals surface area contributed by atoms with Gasteiger partial charge in [-0.05, 0) is 13.8 Å². The lowest BCUT2D eigenvalue weighted by atomic mass is 10.5. The molecule has 0 atom stereocenters. The first-order chi connectivity index (χ1) is 2.77. The Labute approximate surface area is 40.2 Å². The van der Waals surface area contributed by atoms with Gasteiger partial charge in [0.05, 0.1) is 0 Å². The van der Waals surface area contributed by atoms with Gasteiger partial charge in [0.2, 0.25) is 0 Å². The fourth-order valence-corrected chi connectivity index (χ4v) is 0.316. The van der Waals surface area contributed by atoms with Gasteiger partial charge in [-0.15, -0.1) is 0 Å². The molecular weight excluding hydrogens is 96.1 g/mol. The van der Waals surface area contributed by atoms with Crippen LogP contribution in [0.3, 0.4) is 0 Å². The molecular formula is C3H8O2Si. The van der Waals surface area contributed by atoms with Gasteiger partial charge < -0.3 is 9.22 Å². The first-order valence-corrected chi connectivity index (χ1v) is 2.67. The van der Waals surface area contributed by atoms with E-state index in [1.54, 1.807) is 0 Å².